The number of amides is 1. The highest BCUT2D eigenvalue weighted by Gasteiger charge is 2.53. The standard InChI is InChI=1S/C26H26F3N3O4/c1-35-23(34)24-8-11-25(12-9-24,13-10-24)31-22(33)19-15-32-14-4-6-18(21(32)30-19)17-5-2-3-7-20(17)36-16-26(27,28)29/h2-7,14-15H,8-13,16H2,1H3,(H,31,33). The number of pyridine rings is 1. The zero-order chi connectivity index (χ0) is 25.6. The molecule has 0 atom stereocenters. The Hall–Kier alpha value is -3.56. The number of carbonyl (C=O) groups excluding carboxylic acids is 2. The topological polar surface area (TPSA) is 81.9 Å². The summed E-state index contributed by atoms with van der Waals surface area (Å²) < 4.78 is 50.0. The summed E-state index contributed by atoms with van der Waals surface area (Å²) in [6, 6.07) is 9.90. The molecule has 3 aliphatic rings. The van der Waals surface area contributed by atoms with Crippen molar-refractivity contribution in [1.82, 2.24) is 14.7 Å². The molecule has 1 N–H and O–H groups in total. The number of alkyl halides is 3. The SMILES string of the molecule is COC(=O)C12CCC(NC(=O)c3cn4cccc(-c5ccccc5OCC(F)(F)F)c4n3)(CC1)CC2. The molecule has 2 bridgehead atoms. The van der Waals surface area contributed by atoms with Crippen molar-refractivity contribution in [1.29, 1.82) is 0 Å². The van der Waals surface area contributed by atoms with Crippen LogP contribution < -0.4 is 10.1 Å². The zero-order valence-electron chi connectivity index (χ0n) is 19.7. The van der Waals surface area contributed by atoms with Crippen LogP contribution in [-0.2, 0) is 9.53 Å². The molecule has 3 fully saturated rings. The number of methoxy groups -OCH3 is 1. The lowest BCUT2D eigenvalue weighted by atomic mass is 9.57. The van der Waals surface area contributed by atoms with Gasteiger partial charge in [0.1, 0.15) is 17.1 Å². The first-order valence-corrected chi connectivity index (χ1v) is 11.8. The first-order chi connectivity index (χ1) is 17.1. The first-order valence-electron chi connectivity index (χ1n) is 11.8. The molecule has 0 unspecified atom stereocenters. The summed E-state index contributed by atoms with van der Waals surface area (Å²) in [5, 5.41) is 3.16. The van der Waals surface area contributed by atoms with Crippen molar-refractivity contribution in [3.8, 4) is 16.9 Å². The van der Waals surface area contributed by atoms with Crippen molar-refractivity contribution < 1.29 is 32.2 Å². The highest BCUT2D eigenvalue weighted by atomic mass is 19.4. The third kappa shape index (κ3) is 4.40. The molecule has 0 saturated heterocycles. The Kier molecular flexibility index (Phi) is 5.92. The molecule has 0 aliphatic heterocycles. The van der Waals surface area contributed by atoms with E-state index >= 15 is 0 Å². The van der Waals surface area contributed by atoms with Gasteiger partial charge < -0.3 is 19.2 Å². The van der Waals surface area contributed by atoms with Crippen molar-refractivity contribution in [2.75, 3.05) is 13.7 Å². The van der Waals surface area contributed by atoms with Gasteiger partial charge in [0.2, 0.25) is 0 Å². The summed E-state index contributed by atoms with van der Waals surface area (Å²) in [6.45, 7) is -1.41. The Balaban J connectivity index is 1.39. The average molecular weight is 502 g/mol. The quantitative estimate of drug-likeness (QED) is 0.484. The largest absolute Gasteiger partial charge is 0.483 e. The molecule has 0 spiro atoms. The van der Waals surface area contributed by atoms with E-state index < -0.39 is 18.2 Å². The lowest BCUT2D eigenvalue weighted by molar-refractivity contribution is -0.160. The number of halogens is 3. The third-order valence-corrected chi connectivity index (χ3v) is 7.53. The monoisotopic (exact) mass is 501 g/mol. The van der Waals surface area contributed by atoms with Crippen LogP contribution in [0, 0.1) is 5.41 Å². The fourth-order valence-electron chi connectivity index (χ4n) is 5.51. The Labute approximate surface area is 205 Å². The molecule has 10 heteroatoms. The number of nitrogens with one attached hydrogen (secondary N) is 1. The van der Waals surface area contributed by atoms with E-state index in [1.54, 1.807) is 47.1 Å². The van der Waals surface area contributed by atoms with Crippen LogP contribution in [0.3, 0.4) is 0 Å². The van der Waals surface area contributed by atoms with Gasteiger partial charge in [-0.05, 0) is 56.7 Å². The van der Waals surface area contributed by atoms with Gasteiger partial charge in [-0.15, -0.1) is 0 Å². The smallest absolute Gasteiger partial charge is 0.422 e. The van der Waals surface area contributed by atoms with Gasteiger partial charge in [-0.25, -0.2) is 4.98 Å². The van der Waals surface area contributed by atoms with E-state index in [0.29, 0.717) is 55.3 Å². The molecule has 1 aromatic carbocycles. The van der Waals surface area contributed by atoms with Gasteiger partial charge >= 0.3 is 12.1 Å². The molecule has 2 heterocycles. The summed E-state index contributed by atoms with van der Waals surface area (Å²) in [4.78, 5) is 30.0. The highest BCUT2D eigenvalue weighted by molar-refractivity contribution is 5.94. The van der Waals surface area contributed by atoms with Crippen LogP contribution in [0.5, 0.6) is 5.75 Å². The lowest BCUT2D eigenvalue weighted by Gasteiger charge is -2.51. The summed E-state index contributed by atoms with van der Waals surface area (Å²) >= 11 is 0. The molecule has 3 saturated carbocycles. The van der Waals surface area contributed by atoms with Crippen LogP contribution in [0.1, 0.15) is 49.0 Å². The number of esters is 1. The fraction of sp³-hybridized carbons (Fsp3) is 0.423. The number of fused-ring (bicyclic) bond motifs is 4. The summed E-state index contributed by atoms with van der Waals surface area (Å²) in [6.07, 6.45) is 2.95. The number of benzene rings is 1. The number of ether oxygens (including phenoxy) is 2. The van der Waals surface area contributed by atoms with E-state index in [9.17, 15) is 22.8 Å². The van der Waals surface area contributed by atoms with E-state index in [0.717, 1.165) is 0 Å². The van der Waals surface area contributed by atoms with Crippen LogP contribution >= 0.6 is 0 Å². The van der Waals surface area contributed by atoms with Gasteiger partial charge in [0.15, 0.2) is 6.61 Å². The van der Waals surface area contributed by atoms with Crippen molar-refractivity contribution >= 4 is 17.5 Å². The van der Waals surface area contributed by atoms with E-state index in [1.165, 1.54) is 13.2 Å². The maximum atomic E-state index is 13.2. The normalized spacial score (nSPS) is 23.4. The van der Waals surface area contributed by atoms with Gasteiger partial charge in [0.25, 0.3) is 5.91 Å². The molecular weight excluding hydrogens is 475 g/mol. The highest BCUT2D eigenvalue weighted by Crippen LogP contribution is 2.53. The van der Waals surface area contributed by atoms with E-state index in [2.05, 4.69) is 10.3 Å². The molecule has 2 aromatic heterocycles. The van der Waals surface area contributed by atoms with Crippen LogP contribution in [0.2, 0.25) is 0 Å². The van der Waals surface area contributed by atoms with Crippen LogP contribution in [0.25, 0.3) is 16.8 Å². The number of hydrogen-bond donors (Lipinski definition) is 1. The minimum Gasteiger partial charge on any atom is -0.483 e. The molecule has 6 rings (SSSR count). The van der Waals surface area contributed by atoms with Gasteiger partial charge in [-0.3, -0.25) is 9.59 Å². The van der Waals surface area contributed by atoms with Gasteiger partial charge in [0, 0.05) is 29.1 Å². The lowest BCUT2D eigenvalue weighted by Crippen LogP contribution is -2.58. The molecule has 7 nitrogen and oxygen atoms in total. The number of aromatic nitrogens is 2. The Morgan fingerprint density at radius 1 is 1.03 bits per heavy atom. The number of carbonyl (C=O) groups is 2. The molecule has 3 aromatic rings. The van der Waals surface area contributed by atoms with Crippen molar-refractivity contribution in [3.63, 3.8) is 0 Å². The second kappa shape index (κ2) is 8.83. The van der Waals surface area contributed by atoms with Crippen molar-refractivity contribution in [2.24, 2.45) is 5.41 Å². The third-order valence-electron chi connectivity index (χ3n) is 7.53. The van der Waals surface area contributed by atoms with Crippen LogP contribution in [0.4, 0.5) is 13.2 Å². The Morgan fingerprint density at radius 2 is 1.69 bits per heavy atom. The van der Waals surface area contributed by atoms with E-state index in [4.69, 9.17) is 9.47 Å². The van der Waals surface area contributed by atoms with Crippen LogP contribution in [0.15, 0.2) is 48.8 Å². The number of para-hydroxylation sites is 1. The number of hydrogen-bond acceptors (Lipinski definition) is 5. The second-order valence-corrected chi connectivity index (χ2v) is 9.69. The molecule has 1 amide bonds. The summed E-state index contributed by atoms with van der Waals surface area (Å²) in [5.74, 6) is -0.414. The first kappa shape index (κ1) is 24.1. The van der Waals surface area contributed by atoms with Gasteiger partial charge in [0.05, 0.1) is 12.5 Å². The molecule has 190 valence electrons. The average Bonchev–Trinajstić information content (AvgIpc) is 3.33. The Morgan fingerprint density at radius 3 is 2.36 bits per heavy atom. The van der Waals surface area contributed by atoms with Crippen molar-refractivity contribution in [2.45, 2.75) is 50.2 Å². The fourth-order valence-corrected chi connectivity index (χ4v) is 5.51. The molecule has 3 aliphatic carbocycles. The summed E-state index contributed by atoms with van der Waals surface area (Å²) in [7, 11) is 1.41. The number of nitrogens with zero attached hydrogens (tertiary/aromatic N) is 2. The molecule has 0 radical (unpaired) electrons. The maximum Gasteiger partial charge on any atom is 0.422 e. The van der Waals surface area contributed by atoms with Crippen molar-refractivity contribution in [3.05, 3.63) is 54.5 Å². The summed E-state index contributed by atoms with van der Waals surface area (Å²) in [5.41, 5.74) is 0.804. The molecule has 36 heavy (non-hydrogen) atoms. The maximum absolute atomic E-state index is 13.2. The zero-order valence-corrected chi connectivity index (χ0v) is 19.7. The molecular formula is C26H26F3N3O4. The predicted molar refractivity (Wildman–Crippen MR) is 125 cm³/mol. The predicted octanol–water partition coefficient (Wildman–Crippen LogP) is 4.94. The minimum atomic E-state index is -4.47. The minimum absolute atomic E-state index is 0.0781. The van der Waals surface area contributed by atoms with E-state index in [-0.39, 0.29) is 28.9 Å². The Bertz CT molecular complexity index is 1290. The second-order valence-electron chi connectivity index (χ2n) is 9.69. The van der Waals surface area contributed by atoms with E-state index in [1.807, 2.05) is 0 Å². The number of rotatable bonds is 6. The van der Waals surface area contributed by atoms with Gasteiger partial charge in [-0.1, -0.05) is 18.2 Å². The van der Waals surface area contributed by atoms with Gasteiger partial charge in [-0.2, -0.15) is 13.2 Å². The number of imidazole rings is 1. The van der Waals surface area contributed by atoms with Crippen LogP contribution in [-0.4, -0.2) is 46.7 Å².